The SMILES string of the molecule is Cc1nnc(-c2cc3c(n4cnnc24)NCc2c(F)ccc4c2[C@@H](CO4)CO3)o1. The van der Waals surface area contributed by atoms with Crippen LogP contribution in [0.1, 0.15) is 22.9 Å². The average molecular weight is 394 g/mol. The molecule has 4 aromatic rings. The highest BCUT2D eigenvalue weighted by Gasteiger charge is 2.32. The van der Waals surface area contributed by atoms with Gasteiger partial charge in [0.2, 0.25) is 5.89 Å². The molecule has 0 aliphatic carbocycles. The summed E-state index contributed by atoms with van der Waals surface area (Å²) < 4.78 is 33.8. The van der Waals surface area contributed by atoms with Crippen molar-refractivity contribution in [1.29, 1.82) is 0 Å². The van der Waals surface area contributed by atoms with Gasteiger partial charge in [0.05, 0.1) is 24.7 Å². The second-order valence-corrected chi connectivity index (χ2v) is 7.03. The summed E-state index contributed by atoms with van der Waals surface area (Å²) in [5.41, 5.74) is 2.58. The van der Waals surface area contributed by atoms with Crippen molar-refractivity contribution in [1.82, 2.24) is 24.8 Å². The smallest absolute Gasteiger partial charge is 0.251 e. The first-order valence-corrected chi connectivity index (χ1v) is 9.17. The van der Waals surface area contributed by atoms with Gasteiger partial charge in [-0.3, -0.25) is 4.40 Å². The maximum atomic E-state index is 14.6. The van der Waals surface area contributed by atoms with E-state index in [-0.39, 0.29) is 18.3 Å². The number of rotatable bonds is 1. The van der Waals surface area contributed by atoms with Crippen LogP contribution >= 0.6 is 0 Å². The summed E-state index contributed by atoms with van der Waals surface area (Å²) in [5, 5.41) is 19.5. The fraction of sp³-hybridized carbons (Fsp3) is 0.263. The first kappa shape index (κ1) is 16.3. The molecule has 1 aromatic carbocycles. The van der Waals surface area contributed by atoms with Crippen LogP contribution in [0.2, 0.25) is 0 Å². The van der Waals surface area contributed by atoms with Crippen molar-refractivity contribution in [2.45, 2.75) is 19.4 Å². The molecule has 146 valence electrons. The summed E-state index contributed by atoms with van der Waals surface area (Å²) in [6.45, 7) is 2.79. The molecule has 5 heterocycles. The third-order valence-corrected chi connectivity index (χ3v) is 5.28. The molecule has 2 aliphatic rings. The Labute approximate surface area is 163 Å². The predicted molar refractivity (Wildman–Crippen MR) is 98.5 cm³/mol. The van der Waals surface area contributed by atoms with Crippen LogP contribution in [-0.4, -0.2) is 38.0 Å². The molecule has 0 spiro atoms. The molecular weight excluding hydrogens is 379 g/mol. The maximum Gasteiger partial charge on any atom is 0.251 e. The summed E-state index contributed by atoms with van der Waals surface area (Å²) >= 11 is 0. The minimum atomic E-state index is -0.270. The molecule has 0 bridgehead atoms. The summed E-state index contributed by atoms with van der Waals surface area (Å²) in [5.74, 6) is 2.34. The third kappa shape index (κ3) is 2.38. The highest BCUT2D eigenvalue weighted by molar-refractivity contribution is 5.77. The Balaban J connectivity index is 1.52. The topological polar surface area (TPSA) is 99.6 Å². The lowest BCUT2D eigenvalue weighted by molar-refractivity contribution is 0.249. The zero-order chi connectivity index (χ0) is 19.5. The molecule has 6 rings (SSSR count). The molecule has 10 heteroatoms. The Bertz CT molecular complexity index is 1270. The van der Waals surface area contributed by atoms with Crippen molar-refractivity contribution in [3.8, 4) is 23.0 Å². The van der Waals surface area contributed by atoms with E-state index in [0.717, 1.165) is 5.56 Å². The van der Waals surface area contributed by atoms with E-state index in [1.54, 1.807) is 29.8 Å². The standard InChI is InChI=1S/C19H15FN6O3/c1-9-23-25-19(29-9)11-4-15-18(26-8-22-24-17(11)26)21-5-12-13(20)2-3-14-16(12)10(6-27-14)7-28-15/h2-4,8,10,21H,5-7H2,1H3/t10-/m0/s1. The van der Waals surface area contributed by atoms with Gasteiger partial charge in [0, 0.05) is 30.7 Å². The number of hydrogen-bond donors (Lipinski definition) is 1. The largest absolute Gasteiger partial charge is 0.493 e. The number of nitrogens with zero attached hydrogens (tertiary/aromatic N) is 5. The first-order valence-electron chi connectivity index (χ1n) is 9.17. The monoisotopic (exact) mass is 394 g/mol. The first-order chi connectivity index (χ1) is 14.2. The number of pyridine rings is 1. The number of benzene rings is 1. The van der Waals surface area contributed by atoms with Crippen LogP contribution in [-0.2, 0) is 6.54 Å². The molecule has 9 nitrogen and oxygen atoms in total. The van der Waals surface area contributed by atoms with Crippen LogP contribution in [0.5, 0.6) is 11.5 Å². The van der Waals surface area contributed by atoms with Crippen LogP contribution < -0.4 is 14.8 Å². The Morgan fingerprint density at radius 2 is 2.00 bits per heavy atom. The van der Waals surface area contributed by atoms with Crippen molar-refractivity contribution >= 4 is 11.5 Å². The number of nitrogens with one attached hydrogen (secondary N) is 1. The van der Waals surface area contributed by atoms with Gasteiger partial charge < -0.3 is 19.2 Å². The van der Waals surface area contributed by atoms with Gasteiger partial charge in [-0.15, -0.1) is 20.4 Å². The summed E-state index contributed by atoms with van der Waals surface area (Å²) in [6, 6.07) is 4.91. The summed E-state index contributed by atoms with van der Waals surface area (Å²) in [7, 11) is 0. The van der Waals surface area contributed by atoms with Gasteiger partial charge in [-0.25, -0.2) is 4.39 Å². The lowest BCUT2D eigenvalue weighted by atomic mass is 9.96. The molecule has 0 saturated carbocycles. The van der Waals surface area contributed by atoms with E-state index in [2.05, 4.69) is 25.7 Å². The van der Waals surface area contributed by atoms with Gasteiger partial charge >= 0.3 is 0 Å². The van der Waals surface area contributed by atoms with Crippen LogP contribution in [0.3, 0.4) is 0 Å². The minimum absolute atomic E-state index is 0.0610. The minimum Gasteiger partial charge on any atom is -0.493 e. The number of aryl methyl sites for hydroxylation is 1. The third-order valence-electron chi connectivity index (χ3n) is 5.28. The highest BCUT2D eigenvalue weighted by atomic mass is 19.1. The van der Waals surface area contributed by atoms with E-state index < -0.39 is 0 Å². The number of hydrogen-bond acceptors (Lipinski definition) is 8. The quantitative estimate of drug-likeness (QED) is 0.526. The molecule has 1 atom stereocenters. The maximum absolute atomic E-state index is 14.6. The van der Waals surface area contributed by atoms with Gasteiger partial charge in [0.15, 0.2) is 17.2 Å². The number of ether oxygens (including phenoxy) is 2. The fourth-order valence-electron chi connectivity index (χ4n) is 3.95. The Kier molecular flexibility index (Phi) is 3.31. The van der Waals surface area contributed by atoms with E-state index in [1.807, 2.05) is 0 Å². The molecule has 2 aliphatic heterocycles. The van der Waals surface area contributed by atoms with Crippen molar-refractivity contribution < 1.29 is 18.3 Å². The van der Waals surface area contributed by atoms with Gasteiger partial charge in [0.1, 0.15) is 17.9 Å². The second-order valence-electron chi connectivity index (χ2n) is 7.03. The van der Waals surface area contributed by atoms with E-state index in [1.165, 1.54) is 6.07 Å². The molecule has 0 amide bonds. The number of anilines is 1. The van der Waals surface area contributed by atoms with Crippen molar-refractivity contribution in [2.75, 3.05) is 18.5 Å². The van der Waals surface area contributed by atoms with Crippen molar-refractivity contribution in [3.63, 3.8) is 0 Å². The number of fused-ring (bicyclic) bond motifs is 3. The molecule has 0 saturated heterocycles. The predicted octanol–water partition coefficient (Wildman–Crippen LogP) is 2.71. The van der Waals surface area contributed by atoms with Crippen LogP contribution in [0.25, 0.3) is 17.1 Å². The molecular formula is C19H15FN6O3. The van der Waals surface area contributed by atoms with Crippen LogP contribution in [0.15, 0.2) is 28.9 Å². The lowest BCUT2D eigenvalue weighted by Gasteiger charge is -2.15. The van der Waals surface area contributed by atoms with E-state index in [4.69, 9.17) is 13.9 Å². The van der Waals surface area contributed by atoms with Gasteiger partial charge in [-0.05, 0) is 12.1 Å². The average Bonchev–Trinajstić information content (AvgIpc) is 3.45. The zero-order valence-corrected chi connectivity index (χ0v) is 15.3. The van der Waals surface area contributed by atoms with Gasteiger partial charge in [-0.1, -0.05) is 0 Å². The highest BCUT2D eigenvalue weighted by Crippen LogP contribution is 2.41. The van der Waals surface area contributed by atoms with Crippen LogP contribution in [0, 0.1) is 12.7 Å². The Morgan fingerprint density at radius 1 is 1.14 bits per heavy atom. The van der Waals surface area contributed by atoms with E-state index in [0.29, 0.717) is 59.1 Å². The molecule has 29 heavy (non-hydrogen) atoms. The van der Waals surface area contributed by atoms with Crippen molar-refractivity contribution in [3.05, 3.63) is 47.4 Å². The Morgan fingerprint density at radius 3 is 2.83 bits per heavy atom. The zero-order valence-electron chi connectivity index (χ0n) is 15.3. The number of halogens is 1. The van der Waals surface area contributed by atoms with Crippen molar-refractivity contribution in [2.24, 2.45) is 0 Å². The summed E-state index contributed by atoms with van der Waals surface area (Å²) in [4.78, 5) is 0. The second kappa shape index (κ2) is 5.90. The van der Waals surface area contributed by atoms with Crippen LogP contribution in [0.4, 0.5) is 10.2 Å². The molecule has 0 unspecified atom stereocenters. The van der Waals surface area contributed by atoms with E-state index >= 15 is 0 Å². The normalized spacial score (nSPS) is 17.4. The Hall–Kier alpha value is -3.69. The molecule has 0 fully saturated rings. The molecule has 1 N–H and O–H groups in total. The van der Waals surface area contributed by atoms with Gasteiger partial charge in [0.25, 0.3) is 5.89 Å². The molecule has 3 aromatic heterocycles. The van der Waals surface area contributed by atoms with E-state index in [9.17, 15) is 4.39 Å². The fourth-order valence-corrected chi connectivity index (χ4v) is 3.95. The van der Waals surface area contributed by atoms with Gasteiger partial charge in [-0.2, -0.15) is 0 Å². The summed E-state index contributed by atoms with van der Waals surface area (Å²) in [6.07, 6.45) is 1.56. The lowest BCUT2D eigenvalue weighted by Crippen LogP contribution is -2.13. The number of aromatic nitrogens is 5. The molecule has 0 radical (unpaired) electrons.